The first kappa shape index (κ1) is 15.0. The van der Waals surface area contributed by atoms with E-state index < -0.39 is 30.2 Å². The number of hydrogen-bond donors (Lipinski definition) is 0. The zero-order valence-electron chi connectivity index (χ0n) is 12.4. The second-order valence-corrected chi connectivity index (χ2v) is 5.12. The SMILES string of the molecule is CCCN1C(=O)C(=O)N(CC(=O)c2ccc3c(c2)OCO3)C1=O. The van der Waals surface area contributed by atoms with Crippen LogP contribution in [0.1, 0.15) is 23.7 Å². The molecule has 0 N–H and O–H groups in total. The Labute approximate surface area is 131 Å². The van der Waals surface area contributed by atoms with Crippen LogP contribution < -0.4 is 9.47 Å². The number of carbonyl (C=O) groups excluding carboxylic acids is 4. The highest BCUT2D eigenvalue weighted by Gasteiger charge is 2.44. The first-order valence-electron chi connectivity index (χ1n) is 7.13. The number of rotatable bonds is 5. The molecule has 2 aliphatic rings. The lowest BCUT2D eigenvalue weighted by molar-refractivity contribution is -0.143. The molecule has 0 atom stereocenters. The predicted molar refractivity (Wildman–Crippen MR) is 76.0 cm³/mol. The monoisotopic (exact) mass is 318 g/mol. The largest absolute Gasteiger partial charge is 0.454 e. The Balaban J connectivity index is 1.76. The summed E-state index contributed by atoms with van der Waals surface area (Å²) >= 11 is 0. The lowest BCUT2D eigenvalue weighted by atomic mass is 10.1. The average Bonchev–Trinajstić information content (AvgIpc) is 3.09. The summed E-state index contributed by atoms with van der Waals surface area (Å²) in [5.74, 6) is -1.37. The van der Waals surface area contributed by atoms with Crippen LogP contribution in [0.3, 0.4) is 0 Å². The zero-order chi connectivity index (χ0) is 16.6. The van der Waals surface area contributed by atoms with Crippen molar-refractivity contribution in [2.45, 2.75) is 13.3 Å². The van der Waals surface area contributed by atoms with Crippen molar-refractivity contribution in [3.05, 3.63) is 23.8 Å². The Bertz CT molecular complexity index is 714. The van der Waals surface area contributed by atoms with Crippen molar-refractivity contribution in [2.75, 3.05) is 19.9 Å². The third kappa shape index (κ3) is 2.52. The van der Waals surface area contributed by atoms with E-state index in [1.54, 1.807) is 13.0 Å². The van der Waals surface area contributed by atoms with E-state index in [2.05, 4.69) is 0 Å². The van der Waals surface area contributed by atoms with E-state index in [1.165, 1.54) is 12.1 Å². The minimum Gasteiger partial charge on any atom is -0.454 e. The maximum absolute atomic E-state index is 12.3. The first-order chi connectivity index (χ1) is 11.0. The topological polar surface area (TPSA) is 93.2 Å². The van der Waals surface area contributed by atoms with Crippen molar-refractivity contribution in [2.24, 2.45) is 0 Å². The molecule has 0 bridgehead atoms. The summed E-state index contributed by atoms with van der Waals surface area (Å²) in [6, 6.07) is 3.84. The van der Waals surface area contributed by atoms with Gasteiger partial charge in [-0.15, -0.1) is 0 Å². The van der Waals surface area contributed by atoms with Gasteiger partial charge in [0.2, 0.25) is 6.79 Å². The van der Waals surface area contributed by atoms with Crippen molar-refractivity contribution >= 4 is 23.6 Å². The zero-order valence-corrected chi connectivity index (χ0v) is 12.4. The summed E-state index contributed by atoms with van der Waals surface area (Å²) < 4.78 is 10.3. The molecule has 0 aromatic heterocycles. The fourth-order valence-electron chi connectivity index (χ4n) is 2.42. The van der Waals surface area contributed by atoms with Crippen LogP contribution in [-0.2, 0) is 9.59 Å². The quantitative estimate of drug-likeness (QED) is 0.453. The van der Waals surface area contributed by atoms with Crippen LogP contribution in [0.5, 0.6) is 11.5 Å². The Kier molecular flexibility index (Phi) is 3.73. The van der Waals surface area contributed by atoms with Crippen LogP contribution in [0.15, 0.2) is 18.2 Å². The number of urea groups is 1. The van der Waals surface area contributed by atoms with Gasteiger partial charge in [0, 0.05) is 12.1 Å². The third-order valence-electron chi connectivity index (χ3n) is 3.58. The standard InChI is InChI=1S/C15H14N2O6/c1-2-5-16-13(19)14(20)17(15(16)21)7-10(18)9-3-4-11-12(6-9)23-8-22-11/h3-4,6H,2,5,7-8H2,1H3. The normalized spacial score (nSPS) is 16.5. The molecule has 120 valence electrons. The Morgan fingerprint density at radius 3 is 2.52 bits per heavy atom. The van der Waals surface area contributed by atoms with Gasteiger partial charge in [-0.05, 0) is 24.6 Å². The van der Waals surface area contributed by atoms with E-state index >= 15 is 0 Å². The molecule has 8 nitrogen and oxygen atoms in total. The molecule has 3 rings (SSSR count). The highest BCUT2D eigenvalue weighted by atomic mass is 16.7. The second-order valence-electron chi connectivity index (χ2n) is 5.12. The summed E-state index contributed by atoms with van der Waals surface area (Å²) in [7, 11) is 0. The van der Waals surface area contributed by atoms with Gasteiger partial charge in [-0.1, -0.05) is 6.92 Å². The van der Waals surface area contributed by atoms with E-state index in [-0.39, 0.29) is 18.9 Å². The number of fused-ring (bicyclic) bond motifs is 1. The molecule has 2 heterocycles. The number of benzene rings is 1. The van der Waals surface area contributed by atoms with Crippen molar-refractivity contribution in [1.29, 1.82) is 0 Å². The van der Waals surface area contributed by atoms with Gasteiger partial charge in [0.05, 0.1) is 6.54 Å². The highest BCUT2D eigenvalue weighted by Crippen LogP contribution is 2.32. The molecule has 8 heteroatoms. The fourth-order valence-corrected chi connectivity index (χ4v) is 2.42. The van der Waals surface area contributed by atoms with E-state index in [0.29, 0.717) is 22.8 Å². The van der Waals surface area contributed by atoms with E-state index in [0.717, 1.165) is 4.90 Å². The molecule has 1 fully saturated rings. The molecule has 23 heavy (non-hydrogen) atoms. The molecule has 0 aliphatic carbocycles. The summed E-state index contributed by atoms with van der Waals surface area (Å²) in [5, 5.41) is 0. The lowest BCUT2D eigenvalue weighted by Crippen LogP contribution is -2.37. The Hall–Kier alpha value is -2.90. The first-order valence-corrected chi connectivity index (χ1v) is 7.13. The number of carbonyl (C=O) groups is 4. The van der Waals surface area contributed by atoms with Gasteiger partial charge >= 0.3 is 17.8 Å². The van der Waals surface area contributed by atoms with Crippen molar-refractivity contribution < 1.29 is 28.7 Å². The number of amides is 4. The van der Waals surface area contributed by atoms with Crippen LogP contribution in [0.2, 0.25) is 0 Å². The lowest BCUT2D eigenvalue weighted by Gasteiger charge is -2.14. The van der Waals surface area contributed by atoms with E-state index in [9.17, 15) is 19.2 Å². The molecule has 1 aromatic rings. The number of ether oxygens (including phenoxy) is 2. The summed E-state index contributed by atoms with van der Waals surface area (Å²) in [4.78, 5) is 49.5. The Morgan fingerprint density at radius 2 is 1.78 bits per heavy atom. The Morgan fingerprint density at radius 1 is 1.09 bits per heavy atom. The number of ketones is 1. The minimum absolute atomic E-state index is 0.0799. The molecule has 4 amide bonds. The van der Waals surface area contributed by atoms with Gasteiger partial charge < -0.3 is 9.47 Å². The highest BCUT2D eigenvalue weighted by molar-refractivity contribution is 6.45. The van der Waals surface area contributed by atoms with Gasteiger partial charge in [-0.3, -0.25) is 19.3 Å². The molecule has 2 aliphatic heterocycles. The predicted octanol–water partition coefficient (Wildman–Crippen LogP) is 0.799. The van der Waals surface area contributed by atoms with Crippen molar-refractivity contribution in [3.63, 3.8) is 0 Å². The number of nitrogens with zero attached hydrogens (tertiary/aromatic N) is 2. The van der Waals surface area contributed by atoms with Gasteiger partial charge in [0.15, 0.2) is 17.3 Å². The molecular weight excluding hydrogens is 304 g/mol. The molecule has 0 unspecified atom stereocenters. The van der Waals surface area contributed by atoms with Gasteiger partial charge in [0.25, 0.3) is 0 Å². The van der Waals surface area contributed by atoms with E-state index in [1.807, 2.05) is 0 Å². The number of Topliss-reactive ketones (excluding diaryl/α,β-unsaturated/α-hetero) is 1. The number of hydrogen-bond acceptors (Lipinski definition) is 6. The van der Waals surface area contributed by atoms with Crippen LogP contribution in [-0.4, -0.2) is 53.3 Å². The van der Waals surface area contributed by atoms with Gasteiger partial charge in [0.1, 0.15) is 0 Å². The third-order valence-corrected chi connectivity index (χ3v) is 3.58. The molecule has 0 spiro atoms. The van der Waals surface area contributed by atoms with Gasteiger partial charge in [-0.25, -0.2) is 9.69 Å². The van der Waals surface area contributed by atoms with Gasteiger partial charge in [-0.2, -0.15) is 0 Å². The maximum Gasteiger partial charge on any atom is 0.334 e. The van der Waals surface area contributed by atoms with Crippen LogP contribution >= 0.6 is 0 Å². The molecular formula is C15H14N2O6. The second kappa shape index (κ2) is 5.71. The van der Waals surface area contributed by atoms with E-state index in [4.69, 9.17) is 9.47 Å². The number of imide groups is 2. The average molecular weight is 318 g/mol. The smallest absolute Gasteiger partial charge is 0.334 e. The molecule has 1 saturated heterocycles. The minimum atomic E-state index is -0.974. The molecule has 0 radical (unpaired) electrons. The summed E-state index contributed by atoms with van der Waals surface area (Å²) in [6.45, 7) is 1.53. The van der Waals surface area contributed by atoms with Crippen LogP contribution in [0.4, 0.5) is 4.79 Å². The van der Waals surface area contributed by atoms with Crippen LogP contribution in [0, 0.1) is 0 Å². The summed E-state index contributed by atoms with van der Waals surface area (Å²) in [6.07, 6.45) is 0.536. The van der Waals surface area contributed by atoms with Crippen molar-refractivity contribution in [3.8, 4) is 11.5 Å². The van der Waals surface area contributed by atoms with Crippen LogP contribution in [0.25, 0.3) is 0 Å². The molecule has 1 aromatic carbocycles. The fraction of sp³-hybridized carbons (Fsp3) is 0.333. The molecule has 0 saturated carbocycles. The summed E-state index contributed by atoms with van der Waals surface area (Å²) in [5.41, 5.74) is 0.274. The van der Waals surface area contributed by atoms with Crippen molar-refractivity contribution in [1.82, 2.24) is 9.80 Å². The maximum atomic E-state index is 12.3.